The van der Waals surface area contributed by atoms with E-state index in [9.17, 15) is 4.79 Å². The first-order valence-electron chi connectivity index (χ1n) is 1.99. The van der Waals surface area contributed by atoms with Crippen molar-refractivity contribution in [1.29, 1.82) is 0 Å². The minimum absolute atomic E-state index is 0.0301. The zero-order chi connectivity index (χ0) is 6.15. The van der Waals surface area contributed by atoms with Crippen LogP contribution in [-0.2, 0) is 4.79 Å². The molecule has 0 saturated heterocycles. The summed E-state index contributed by atoms with van der Waals surface area (Å²) in [6.07, 6.45) is 1.31. The molecule has 1 aliphatic heterocycles. The van der Waals surface area contributed by atoms with E-state index in [1.54, 1.807) is 0 Å². The number of carboxylic acids is 1. The molecule has 0 fully saturated rings. The predicted octanol–water partition coefficient (Wildman–Crippen LogP) is -0.465. The van der Waals surface area contributed by atoms with Gasteiger partial charge in [0.25, 0.3) is 0 Å². The lowest BCUT2D eigenvalue weighted by molar-refractivity contribution is -0.129. The van der Waals surface area contributed by atoms with Gasteiger partial charge in [-0.25, -0.2) is 4.79 Å². The highest BCUT2D eigenvalue weighted by atomic mass is 16.4. The first-order chi connectivity index (χ1) is 3.70. The highest BCUT2D eigenvalue weighted by Gasteiger charge is 2.11. The summed E-state index contributed by atoms with van der Waals surface area (Å²) in [4.78, 5) is 13.3. The topological polar surface area (TPSA) is 49.7 Å². The van der Waals surface area contributed by atoms with Gasteiger partial charge in [0, 0.05) is 0 Å². The second-order valence-electron chi connectivity index (χ2n) is 1.37. The van der Waals surface area contributed by atoms with Crippen molar-refractivity contribution in [3.8, 4) is 0 Å². The minimum atomic E-state index is -1.03. The van der Waals surface area contributed by atoms with Gasteiger partial charge in [-0.1, -0.05) is 0 Å². The number of nitrogens with zero attached hydrogens (tertiary/aromatic N) is 1. The number of rotatable bonds is 1. The van der Waals surface area contributed by atoms with Crippen molar-refractivity contribution in [2.45, 2.75) is 0 Å². The maximum absolute atomic E-state index is 9.90. The Bertz CT molecular complexity index is 194. The number of carbonyl (C=O) groups is 1. The molecule has 1 heterocycles. The van der Waals surface area contributed by atoms with Crippen LogP contribution in [0.25, 0.3) is 0 Å². The lowest BCUT2D eigenvalue weighted by atomic mass is 9.98. The Balaban J connectivity index is 2.59. The van der Waals surface area contributed by atoms with Crippen LogP contribution in [0.4, 0.5) is 0 Å². The summed E-state index contributed by atoms with van der Waals surface area (Å²) in [5.74, 6) is -1.03. The van der Waals surface area contributed by atoms with E-state index in [0.717, 1.165) is 0 Å². The van der Waals surface area contributed by atoms with Gasteiger partial charge in [0.15, 0.2) is 0 Å². The third-order valence-corrected chi connectivity index (χ3v) is 0.753. The minimum Gasteiger partial charge on any atom is -0.477 e. The first kappa shape index (κ1) is 5.09. The van der Waals surface area contributed by atoms with Gasteiger partial charge in [-0.05, 0) is 11.7 Å². The van der Waals surface area contributed by atoms with Crippen molar-refractivity contribution in [2.24, 2.45) is 4.99 Å². The fourth-order valence-electron chi connectivity index (χ4n) is 0.387. The zero-order valence-corrected chi connectivity index (χ0v) is 3.96. The summed E-state index contributed by atoms with van der Waals surface area (Å²) in [5, 5.41) is 8.12. The molecular weight excluding hydrogens is 105 g/mol. The summed E-state index contributed by atoms with van der Waals surface area (Å²) in [5.41, 5.74) is 0.310. The second kappa shape index (κ2) is 1.47. The van der Waals surface area contributed by atoms with Gasteiger partial charge in [-0.15, -0.1) is 0 Å². The first-order valence-corrected chi connectivity index (χ1v) is 1.99. The largest absolute Gasteiger partial charge is 0.477 e. The van der Waals surface area contributed by atoms with Crippen molar-refractivity contribution < 1.29 is 9.90 Å². The molecule has 1 aliphatic rings. The van der Waals surface area contributed by atoms with Crippen LogP contribution >= 0.6 is 0 Å². The summed E-state index contributed by atoms with van der Waals surface area (Å²) < 4.78 is 0. The summed E-state index contributed by atoms with van der Waals surface area (Å²) in [6, 6.07) is 0. The van der Waals surface area contributed by atoms with E-state index in [1.165, 1.54) is 6.08 Å². The molecule has 0 spiro atoms. The van der Waals surface area contributed by atoms with Gasteiger partial charge < -0.3 is 5.11 Å². The van der Waals surface area contributed by atoms with E-state index in [2.05, 4.69) is 4.99 Å². The molecule has 38 valence electrons. The quantitative estimate of drug-likeness (QED) is 0.460. The van der Waals surface area contributed by atoms with Crippen molar-refractivity contribution in [3.05, 3.63) is 11.7 Å². The number of hydrogen-bond acceptors (Lipinski definition) is 2. The fraction of sp³-hybridized carbons (Fsp3) is 0. The van der Waals surface area contributed by atoms with Gasteiger partial charge >= 0.3 is 5.97 Å². The second-order valence-corrected chi connectivity index (χ2v) is 1.37. The van der Waals surface area contributed by atoms with Gasteiger partial charge in [0.05, 0.1) is 0 Å². The van der Waals surface area contributed by atoms with Crippen molar-refractivity contribution in [3.63, 3.8) is 0 Å². The van der Waals surface area contributed by atoms with Crippen LogP contribution in [0.3, 0.4) is 0 Å². The molecule has 0 aromatic rings. The van der Waals surface area contributed by atoms with E-state index in [4.69, 9.17) is 13.0 Å². The Morgan fingerprint density at radius 3 is 2.50 bits per heavy atom. The van der Waals surface area contributed by atoms with Crippen LogP contribution in [-0.4, -0.2) is 24.6 Å². The van der Waals surface area contributed by atoms with E-state index < -0.39 is 5.97 Å². The van der Waals surface area contributed by atoms with E-state index in [-0.39, 0.29) is 11.3 Å². The standard InChI is InChI=1S/C4H2BNO2/c5-3-1-2(6-3)4(7)8/h1H,(H,7,8). The summed E-state index contributed by atoms with van der Waals surface area (Å²) in [7, 11) is 5.02. The van der Waals surface area contributed by atoms with Gasteiger partial charge in [-0.2, -0.15) is 0 Å². The molecule has 0 bridgehead atoms. The third kappa shape index (κ3) is 0.642. The maximum atomic E-state index is 9.90. The number of aliphatic imine (C=N–C) groups is 1. The van der Waals surface area contributed by atoms with Crippen LogP contribution in [0.2, 0.25) is 0 Å². The average Bonchev–Trinajstić information content (AvgIpc) is 1.57. The molecule has 4 heteroatoms. The average molecular weight is 107 g/mol. The molecule has 1 N–H and O–H groups in total. The fourth-order valence-corrected chi connectivity index (χ4v) is 0.387. The molecule has 0 aromatic heterocycles. The number of aliphatic carboxylic acids is 1. The molecule has 0 amide bonds. The Hall–Kier alpha value is -1.06. The van der Waals surface area contributed by atoms with Crippen molar-refractivity contribution >= 4 is 19.5 Å². The molecule has 0 atom stereocenters. The molecule has 0 unspecified atom stereocenters. The molecule has 3 nitrogen and oxygen atoms in total. The van der Waals surface area contributed by atoms with Crippen LogP contribution < -0.4 is 0 Å². The Labute approximate surface area is 47.1 Å². The van der Waals surface area contributed by atoms with Crippen molar-refractivity contribution in [1.82, 2.24) is 0 Å². The van der Waals surface area contributed by atoms with Gasteiger partial charge in [0.1, 0.15) is 13.6 Å². The van der Waals surface area contributed by atoms with Crippen LogP contribution in [0.1, 0.15) is 0 Å². The monoisotopic (exact) mass is 107 g/mol. The Kier molecular flexibility index (Phi) is 0.935. The Morgan fingerprint density at radius 2 is 2.38 bits per heavy atom. The molecule has 0 aliphatic carbocycles. The van der Waals surface area contributed by atoms with Crippen molar-refractivity contribution in [2.75, 3.05) is 0 Å². The molecule has 1 rings (SSSR count). The number of carboxylic acid groups (broad SMARTS) is 1. The Morgan fingerprint density at radius 1 is 1.88 bits per heavy atom. The van der Waals surface area contributed by atoms with Crippen LogP contribution in [0.5, 0.6) is 0 Å². The molecular formula is C4H2BNO2. The lowest BCUT2D eigenvalue weighted by Gasteiger charge is -2.04. The summed E-state index contributed by atoms with van der Waals surface area (Å²) in [6.45, 7) is 0. The van der Waals surface area contributed by atoms with E-state index in [1.807, 2.05) is 0 Å². The highest BCUT2D eigenvalue weighted by Crippen LogP contribution is 2.03. The van der Waals surface area contributed by atoms with Crippen LogP contribution in [0, 0.1) is 0 Å². The molecule has 0 saturated carbocycles. The van der Waals surface area contributed by atoms with E-state index >= 15 is 0 Å². The zero-order valence-electron chi connectivity index (χ0n) is 3.96. The summed E-state index contributed by atoms with van der Waals surface area (Å²) >= 11 is 0. The molecule has 2 radical (unpaired) electrons. The maximum Gasteiger partial charge on any atom is 0.354 e. The number of hydrogen-bond donors (Lipinski definition) is 1. The predicted molar refractivity (Wildman–Crippen MR) is 28.9 cm³/mol. The molecule has 0 aromatic carbocycles. The van der Waals surface area contributed by atoms with E-state index in [0.29, 0.717) is 0 Å². The lowest BCUT2D eigenvalue weighted by Crippen LogP contribution is -2.16. The highest BCUT2D eigenvalue weighted by molar-refractivity contribution is 6.46. The molecule has 8 heavy (non-hydrogen) atoms. The van der Waals surface area contributed by atoms with Gasteiger partial charge in [0.2, 0.25) is 0 Å². The normalized spacial score (nSPS) is 16.0. The van der Waals surface area contributed by atoms with Crippen LogP contribution in [0.15, 0.2) is 16.7 Å². The SMILES string of the molecule is [B]C1=CC(C(=O)O)=N1. The van der Waals surface area contributed by atoms with Gasteiger partial charge in [-0.3, -0.25) is 4.99 Å². The smallest absolute Gasteiger partial charge is 0.354 e. The third-order valence-electron chi connectivity index (χ3n) is 0.753.